The van der Waals surface area contributed by atoms with Crippen LogP contribution < -0.4 is 15.4 Å². The quantitative estimate of drug-likeness (QED) is 0.628. The molecule has 0 saturated heterocycles. The molecule has 0 bridgehead atoms. The highest BCUT2D eigenvalue weighted by atomic mass is 79.9. The molecule has 2 aromatic rings. The fourth-order valence-electron chi connectivity index (χ4n) is 3.58. The number of hydrogen-bond donors (Lipinski definition) is 2. The lowest BCUT2D eigenvalue weighted by atomic mass is 10.0. The first-order valence-electron chi connectivity index (χ1n) is 9.67. The van der Waals surface area contributed by atoms with E-state index in [1.54, 1.807) is 0 Å². The van der Waals surface area contributed by atoms with Gasteiger partial charge in [0.15, 0.2) is 0 Å². The number of carbonyl (C=O) groups is 2. The topological polar surface area (TPSA) is 67.4 Å². The van der Waals surface area contributed by atoms with Gasteiger partial charge in [0.2, 0.25) is 11.8 Å². The van der Waals surface area contributed by atoms with Crippen molar-refractivity contribution in [1.82, 2.24) is 5.32 Å². The minimum atomic E-state index is -0.179. The summed E-state index contributed by atoms with van der Waals surface area (Å²) in [6, 6.07) is 13.9. The monoisotopic (exact) mass is 442 g/mol. The van der Waals surface area contributed by atoms with E-state index in [0.29, 0.717) is 25.9 Å². The molecule has 0 unspecified atom stereocenters. The van der Waals surface area contributed by atoms with Gasteiger partial charge >= 0.3 is 0 Å². The minimum absolute atomic E-state index is 0.0590. The summed E-state index contributed by atoms with van der Waals surface area (Å²) in [5.74, 6) is 0.907. The lowest BCUT2D eigenvalue weighted by Crippen LogP contribution is -2.34. The number of hydrogen-bond acceptors (Lipinski definition) is 3. The first-order chi connectivity index (χ1) is 13.5. The van der Waals surface area contributed by atoms with Gasteiger partial charge in [-0.2, -0.15) is 0 Å². The molecule has 2 amide bonds. The molecule has 2 aromatic carbocycles. The molecule has 0 atom stereocenters. The van der Waals surface area contributed by atoms with Crippen molar-refractivity contribution in [2.24, 2.45) is 0 Å². The number of carbonyl (C=O) groups excluding carboxylic acids is 2. The van der Waals surface area contributed by atoms with E-state index >= 15 is 0 Å². The van der Waals surface area contributed by atoms with E-state index in [-0.39, 0.29) is 17.4 Å². The van der Waals surface area contributed by atoms with Crippen molar-refractivity contribution in [3.05, 3.63) is 58.1 Å². The van der Waals surface area contributed by atoms with Gasteiger partial charge in [-0.25, -0.2) is 0 Å². The normalized spacial score (nSPS) is 16.7. The van der Waals surface area contributed by atoms with Gasteiger partial charge < -0.3 is 15.4 Å². The molecule has 1 aliphatic heterocycles. The zero-order valence-corrected chi connectivity index (χ0v) is 17.2. The number of halogens is 1. The smallest absolute Gasteiger partial charge is 0.224 e. The Kier molecular flexibility index (Phi) is 5.40. The Morgan fingerprint density at radius 3 is 2.68 bits per heavy atom. The Morgan fingerprint density at radius 1 is 1.14 bits per heavy atom. The predicted molar refractivity (Wildman–Crippen MR) is 111 cm³/mol. The van der Waals surface area contributed by atoms with Crippen LogP contribution >= 0.6 is 15.9 Å². The molecule has 1 aliphatic carbocycles. The van der Waals surface area contributed by atoms with Crippen molar-refractivity contribution in [1.29, 1.82) is 0 Å². The third-order valence-electron chi connectivity index (χ3n) is 5.31. The number of benzene rings is 2. The molecule has 4 rings (SSSR count). The van der Waals surface area contributed by atoms with Crippen LogP contribution in [-0.2, 0) is 21.5 Å². The zero-order valence-electron chi connectivity index (χ0n) is 15.6. The molecule has 1 fully saturated rings. The standard InChI is InChI=1S/C22H23BrN2O3/c23-17-6-4-16(5-7-17)22(11-12-22)25-21(27)2-1-13-28-18-8-9-19-15(14-18)3-10-20(26)24-19/h4-9,14H,1-3,10-13H2,(H,24,26)(H,25,27). The van der Waals surface area contributed by atoms with E-state index in [1.165, 1.54) is 5.56 Å². The molecular weight excluding hydrogens is 420 g/mol. The van der Waals surface area contributed by atoms with Gasteiger partial charge in [0, 0.05) is 23.0 Å². The fourth-order valence-corrected chi connectivity index (χ4v) is 3.85. The number of ether oxygens (including phenoxy) is 1. The lowest BCUT2D eigenvalue weighted by molar-refractivity contribution is -0.122. The third-order valence-corrected chi connectivity index (χ3v) is 5.84. The van der Waals surface area contributed by atoms with Crippen LogP contribution in [0.4, 0.5) is 5.69 Å². The molecule has 0 radical (unpaired) electrons. The molecule has 1 saturated carbocycles. The summed E-state index contributed by atoms with van der Waals surface area (Å²) in [4.78, 5) is 23.8. The van der Waals surface area contributed by atoms with Crippen LogP contribution in [0.5, 0.6) is 5.75 Å². The second-order valence-corrected chi connectivity index (χ2v) is 8.37. The summed E-state index contributed by atoms with van der Waals surface area (Å²) >= 11 is 3.45. The zero-order chi connectivity index (χ0) is 19.6. The third kappa shape index (κ3) is 4.38. The van der Waals surface area contributed by atoms with Crippen molar-refractivity contribution < 1.29 is 14.3 Å². The second-order valence-electron chi connectivity index (χ2n) is 7.46. The SMILES string of the molecule is O=C1CCc2cc(OCCCC(=O)NC3(c4ccc(Br)cc4)CC3)ccc2N1. The highest BCUT2D eigenvalue weighted by Gasteiger charge is 2.45. The summed E-state index contributed by atoms with van der Waals surface area (Å²) in [7, 11) is 0. The molecule has 2 N–H and O–H groups in total. The maximum absolute atomic E-state index is 12.4. The maximum atomic E-state index is 12.4. The predicted octanol–water partition coefficient (Wildman–Crippen LogP) is 4.30. The van der Waals surface area contributed by atoms with Crippen molar-refractivity contribution in [3.63, 3.8) is 0 Å². The first-order valence-corrected chi connectivity index (χ1v) is 10.5. The number of rotatable bonds is 7. The molecular formula is C22H23BrN2O3. The number of amides is 2. The Balaban J connectivity index is 1.23. The van der Waals surface area contributed by atoms with Crippen LogP contribution in [0.1, 0.15) is 43.2 Å². The molecule has 6 heteroatoms. The van der Waals surface area contributed by atoms with Crippen LogP contribution in [0.3, 0.4) is 0 Å². The largest absolute Gasteiger partial charge is 0.494 e. The Hall–Kier alpha value is -2.34. The summed E-state index contributed by atoms with van der Waals surface area (Å²) in [5.41, 5.74) is 2.95. The summed E-state index contributed by atoms with van der Waals surface area (Å²) in [5, 5.41) is 6.06. The molecule has 2 aliphatic rings. The molecule has 0 spiro atoms. The Labute approximate surface area is 173 Å². The number of aryl methyl sites for hydroxylation is 1. The van der Waals surface area contributed by atoms with Crippen LogP contribution in [0.25, 0.3) is 0 Å². The van der Waals surface area contributed by atoms with E-state index in [2.05, 4.69) is 38.7 Å². The van der Waals surface area contributed by atoms with E-state index < -0.39 is 0 Å². The number of fused-ring (bicyclic) bond motifs is 1. The van der Waals surface area contributed by atoms with Crippen molar-refractivity contribution in [3.8, 4) is 5.75 Å². The number of nitrogens with one attached hydrogen (secondary N) is 2. The van der Waals surface area contributed by atoms with Gasteiger partial charge in [0.25, 0.3) is 0 Å². The van der Waals surface area contributed by atoms with Crippen molar-refractivity contribution in [2.45, 2.75) is 44.1 Å². The van der Waals surface area contributed by atoms with Crippen LogP contribution in [0.15, 0.2) is 46.9 Å². The average molecular weight is 443 g/mol. The van der Waals surface area contributed by atoms with Crippen LogP contribution in [-0.4, -0.2) is 18.4 Å². The fraction of sp³-hybridized carbons (Fsp3) is 0.364. The molecule has 5 nitrogen and oxygen atoms in total. The second kappa shape index (κ2) is 7.95. The first kappa shape index (κ1) is 19.0. The van der Waals surface area contributed by atoms with Gasteiger partial charge in [-0.1, -0.05) is 28.1 Å². The Morgan fingerprint density at radius 2 is 1.93 bits per heavy atom. The Bertz CT molecular complexity index is 891. The lowest BCUT2D eigenvalue weighted by Gasteiger charge is -2.19. The van der Waals surface area contributed by atoms with Gasteiger partial charge in [-0.15, -0.1) is 0 Å². The highest BCUT2D eigenvalue weighted by Crippen LogP contribution is 2.45. The molecule has 0 aromatic heterocycles. The van der Waals surface area contributed by atoms with E-state index in [0.717, 1.165) is 40.7 Å². The number of anilines is 1. The van der Waals surface area contributed by atoms with Crippen LogP contribution in [0, 0.1) is 0 Å². The minimum Gasteiger partial charge on any atom is -0.494 e. The van der Waals surface area contributed by atoms with Gasteiger partial charge in [-0.05, 0) is 67.1 Å². The van der Waals surface area contributed by atoms with E-state index in [9.17, 15) is 9.59 Å². The van der Waals surface area contributed by atoms with Gasteiger partial charge in [0.05, 0.1) is 12.1 Å². The van der Waals surface area contributed by atoms with Crippen molar-refractivity contribution in [2.75, 3.05) is 11.9 Å². The maximum Gasteiger partial charge on any atom is 0.224 e. The summed E-state index contributed by atoms with van der Waals surface area (Å²) in [6.07, 6.45) is 4.33. The molecule has 146 valence electrons. The summed E-state index contributed by atoms with van der Waals surface area (Å²) < 4.78 is 6.84. The summed E-state index contributed by atoms with van der Waals surface area (Å²) in [6.45, 7) is 0.490. The van der Waals surface area contributed by atoms with Gasteiger partial charge in [0.1, 0.15) is 5.75 Å². The van der Waals surface area contributed by atoms with Gasteiger partial charge in [-0.3, -0.25) is 9.59 Å². The highest BCUT2D eigenvalue weighted by molar-refractivity contribution is 9.10. The molecule has 28 heavy (non-hydrogen) atoms. The van der Waals surface area contributed by atoms with E-state index in [4.69, 9.17) is 4.74 Å². The van der Waals surface area contributed by atoms with Crippen LogP contribution in [0.2, 0.25) is 0 Å². The van der Waals surface area contributed by atoms with E-state index in [1.807, 2.05) is 30.3 Å². The van der Waals surface area contributed by atoms with Crippen molar-refractivity contribution >= 4 is 33.4 Å². The average Bonchev–Trinajstić information content (AvgIpc) is 3.46. The molecule has 1 heterocycles.